The number of nitro groups is 1. The van der Waals surface area contributed by atoms with E-state index in [4.69, 9.17) is 5.73 Å². The molecule has 0 radical (unpaired) electrons. The van der Waals surface area contributed by atoms with Crippen molar-refractivity contribution >= 4 is 39.7 Å². The monoisotopic (exact) mass is 404 g/mol. The maximum atomic E-state index is 12.7. The number of carbonyl (C=O) groups is 3. The fourth-order valence-electron chi connectivity index (χ4n) is 2.69. The molecule has 0 saturated carbocycles. The lowest BCUT2D eigenvalue weighted by atomic mass is 10.1. The third-order valence-corrected chi connectivity index (χ3v) is 5.38. The Morgan fingerprint density at radius 1 is 1.25 bits per heavy atom. The van der Waals surface area contributed by atoms with Crippen molar-refractivity contribution in [3.8, 4) is 0 Å². The molecule has 0 unspecified atom stereocenters. The molecular weight excluding hydrogens is 384 g/mol. The molecule has 2 rings (SSSR count). The van der Waals surface area contributed by atoms with Crippen molar-refractivity contribution in [3.63, 3.8) is 0 Å². The molecule has 10 heteroatoms. The number of hydrogen-bond acceptors (Lipinski definition) is 6. The van der Waals surface area contributed by atoms with Crippen LogP contribution < -0.4 is 11.1 Å². The molecule has 1 aromatic heterocycles. The number of thiophene rings is 1. The van der Waals surface area contributed by atoms with Gasteiger partial charge >= 0.3 is 0 Å². The number of amides is 3. The molecular formula is C18H20N4O5S. The maximum Gasteiger partial charge on any atom is 0.270 e. The third-order valence-electron chi connectivity index (χ3n) is 4.18. The van der Waals surface area contributed by atoms with E-state index in [2.05, 4.69) is 5.32 Å². The molecule has 3 amide bonds. The van der Waals surface area contributed by atoms with Crippen molar-refractivity contribution in [2.45, 2.75) is 20.8 Å². The van der Waals surface area contributed by atoms with Gasteiger partial charge in [-0.2, -0.15) is 0 Å². The minimum absolute atomic E-state index is 0.0484. The van der Waals surface area contributed by atoms with Crippen LogP contribution in [0.5, 0.6) is 0 Å². The van der Waals surface area contributed by atoms with Crippen LogP contribution in [0.25, 0.3) is 0 Å². The molecule has 0 saturated heterocycles. The van der Waals surface area contributed by atoms with Crippen LogP contribution >= 0.6 is 11.3 Å². The summed E-state index contributed by atoms with van der Waals surface area (Å²) in [6.45, 7) is 6.26. The quantitative estimate of drug-likeness (QED) is 0.540. The highest BCUT2D eigenvalue weighted by atomic mass is 32.1. The summed E-state index contributed by atoms with van der Waals surface area (Å²) in [4.78, 5) is 49.3. The van der Waals surface area contributed by atoms with Crippen LogP contribution in [0.4, 0.5) is 10.7 Å². The Hall–Kier alpha value is -3.27. The number of rotatable bonds is 7. The van der Waals surface area contributed by atoms with Gasteiger partial charge in [0.05, 0.1) is 15.4 Å². The largest absolute Gasteiger partial charge is 0.365 e. The van der Waals surface area contributed by atoms with E-state index < -0.39 is 16.7 Å². The number of nitrogens with zero attached hydrogens (tertiary/aromatic N) is 2. The van der Waals surface area contributed by atoms with Crippen LogP contribution in [-0.2, 0) is 0 Å². The zero-order valence-electron chi connectivity index (χ0n) is 15.6. The normalized spacial score (nSPS) is 10.4. The highest BCUT2D eigenvalue weighted by Gasteiger charge is 2.26. The smallest absolute Gasteiger partial charge is 0.270 e. The Balaban J connectivity index is 2.42. The fourth-order valence-corrected chi connectivity index (χ4v) is 3.87. The summed E-state index contributed by atoms with van der Waals surface area (Å²) in [6.07, 6.45) is 0. The lowest BCUT2D eigenvalue weighted by Crippen LogP contribution is -2.30. The van der Waals surface area contributed by atoms with Crippen molar-refractivity contribution in [3.05, 3.63) is 55.9 Å². The SMILES string of the molecule is CCN(CC)C(=O)c1sc(NC(=O)c2cccc([N+](=O)[O-])c2)c(C(N)=O)c1C. The van der Waals surface area contributed by atoms with Crippen molar-refractivity contribution in [2.75, 3.05) is 18.4 Å². The second-order valence-electron chi connectivity index (χ2n) is 5.86. The summed E-state index contributed by atoms with van der Waals surface area (Å²) in [7, 11) is 0. The molecule has 3 N–H and O–H groups in total. The molecule has 1 aromatic carbocycles. The number of nitrogens with two attached hydrogens (primary N) is 1. The molecule has 0 aliphatic rings. The molecule has 0 atom stereocenters. The van der Waals surface area contributed by atoms with Gasteiger partial charge in [0.2, 0.25) is 0 Å². The molecule has 1 heterocycles. The topological polar surface area (TPSA) is 136 Å². The van der Waals surface area contributed by atoms with Gasteiger partial charge in [-0.3, -0.25) is 24.5 Å². The molecule has 2 aromatic rings. The van der Waals surface area contributed by atoms with E-state index >= 15 is 0 Å². The van der Waals surface area contributed by atoms with E-state index in [9.17, 15) is 24.5 Å². The molecule has 28 heavy (non-hydrogen) atoms. The van der Waals surface area contributed by atoms with E-state index in [0.717, 1.165) is 17.4 Å². The molecule has 0 aliphatic carbocycles. The van der Waals surface area contributed by atoms with Crippen LogP contribution in [0.3, 0.4) is 0 Å². The van der Waals surface area contributed by atoms with Gasteiger partial charge in [0.15, 0.2) is 0 Å². The first-order chi connectivity index (χ1) is 13.2. The summed E-state index contributed by atoms with van der Waals surface area (Å²) < 4.78 is 0. The van der Waals surface area contributed by atoms with E-state index in [-0.39, 0.29) is 27.7 Å². The Morgan fingerprint density at radius 3 is 2.43 bits per heavy atom. The number of benzene rings is 1. The molecule has 9 nitrogen and oxygen atoms in total. The average molecular weight is 404 g/mol. The molecule has 0 bridgehead atoms. The standard InChI is InChI=1S/C18H20N4O5S/c1-4-21(5-2)18(25)14-10(3)13(15(19)23)17(28-14)20-16(24)11-7-6-8-12(9-11)22(26)27/h6-9H,4-5H2,1-3H3,(H2,19,23)(H,20,24). The summed E-state index contributed by atoms with van der Waals surface area (Å²) in [5.74, 6) is -1.68. The number of non-ortho nitro benzene ring substituents is 1. The molecule has 0 fully saturated rings. The summed E-state index contributed by atoms with van der Waals surface area (Å²) >= 11 is 0.957. The fraction of sp³-hybridized carbons (Fsp3) is 0.278. The van der Waals surface area contributed by atoms with Gasteiger partial charge in [-0.1, -0.05) is 6.07 Å². The number of carbonyl (C=O) groups excluding carboxylic acids is 3. The second-order valence-corrected chi connectivity index (χ2v) is 6.88. The third kappa shape index (κ3) is 4.17. The number of primary amides is 1. The van der Waals surface area contributed by atoms with Gasteiger partial charge in [0.1, 0.15) is 5.00 Å². The Bertz CT molecular complexity index is 949. The lowest BCUT2D eigenvalue weighted by molar-refractivity contribution is -0.384. The lowest BCUT2D eigenvalue weighted by Gasteiger charge is -2.17. The Kier molecular flexibility index (Phi) is 6.47. The van der Waals surface area contributed by atoms with Crippen molar-refractivity contribution in [1.29, 1.82) is 0 Å². The predicted octanol–water partition coefficient (Wildman–Crippen LogP) is 2.80. The zero-order valence-corrected chi connectivity index (χ0v) is 16.5. The van der Waals surface area contributed by atoms with E-state index in [1.807, 2.05) is 13.8 Å². The minimum Gasteiger partial charge on any atom is -0.365 e. The number of nitro benzene ring substituents is 1. The highest BCUT2D eigenvalue weighted by molar-refractivity contribution is 7.18. The van der Waals surface area contributed by atoms with Crippen LogP contribution in [0.2, 0.25) is 0 Å². The number of anilines is 1. The van der Waals surface area contributed by atoms with Crippen LogP contribution in [0, 0.1) is 17.0 Å². The van der Waals surface area contributed by atoms with Crippen molar-refractivity contribution in [1.82, 2.24) is 4.90 Å². The Morgan fingerprint density at radius 2 is 1.89 bits per heavy atom. The van der Waals surface area contributed by atoms with Crippen molar-refractivity contribution < 1.29 is 19.3 Å². The van der Waals surface area contributed by atoms with Gasteiger partial charge in [0, 0.05) is 30.8 Å². The van der Waals surface area contributed by atoms with Gasteiger partial charge in [0.25, 0.3) is 23.4 Å². The predicted molar refractivity (Wildman–Crippen MR) is 106 cm³/mol. The molecule has 148 valence electrons. The summed E-state index contributed by atoms with van der Waals surface area (Å²) in [5, 5.41) is 13.6. The average Bonchev–Trinajstić information content (AvgIpc) is 2.98. The van der Waals surface area contributed by atoms with E-state index in [1.165, 1.54) is 18.2 Å². The Labute approximate surface area is 165 Å². The van der Waals surface area contributed by atoms with Gasteiger partial charge in [-0.15, -0.1) is 11.3 Å². The van der Waals surface area contributed by atoms with E-state index in [1.54, 1.807) is 11.8 Å². The van der Waals surface area contributed by atoms with Gasteiger partial charge in [-0.25, -0.2) is 0 Å². The van der Waals surface area contributed by atoms with Crippen LogP contribution in [-0.4, -0.2) is 40.6 Å². The zero-order chi connectivity index (χ0) is 21.0. The second kappa shape index (κ2) is 8.61. The molecule has 0 spiro atoms. The maximum absolute atomic E-state index is 12.7. The first kappa shape index (κ1) is 21.0. The minimum atomic E-state index is -0.776. The van der Waals surface area contributed by atoms with Crippen LogP contribution in [0.1, 0.15) is 49.8 Å². The van der Waals surface area contributed by atoms with Gasteiger partial charge < -0.3 is 16.0 Å². The first-order valence-corrected chi connectivity index (χ1v) is 9.31. The first-order valence-electron chi connectivity index (χ1n) is 8.49. The van der Waals surface area contributed by atoms with Gasteiger partial charge in [-0.05, 0) is 32.4 Å². The summed E-state index contributed by atoms with van der Waals surface area (Å²) in [5.41, 5.74) is 5.71. The van der Waals surface area contributed by atoms with E-state index in [0.29, 0.717) is 23.5 Å². The highest BCUT2D eigenvalue weighted by Crippen LogP contribution is 2.34. The molecule has 0 aliphatic heterocycles. The van der Waals surface area contributed by atoms with Crippen molar-refractivity contribution in [2.24, 2.45) is 5.73 Å². The summed E-state index contributed by atoms with van der Waals surface area (Å²) in [6, 6.07) is 5.19. The number of nitrogens with one attached hydrogen (secondary N) is 1. The number of hydrogen-bond donors (Lipinski definition) is 2. The van der Waals surface area contributed by atoms with Crippen LogP contribution in [0.15, 0.2) is 24.3 Å².